The summed E-state index contributed by atoms with van der Waals surface area (Å²) in [6.45, 7) is 2.15. The van der Waals surface area contributed by atoms with Gasteiger partial charge in [0.15, 0.2) is 5.58 Å². The molecule has 0 bridgehead atoms. The Kier molecular flexibility index (Phi) is 5.30. The van der Waals surface area contributed by atoms with Crippen molar-refractivity contribution in [3.63, 3.8) is 0 Å². The van der Waals surface area contributed by atoms with Gasteiger partial charge in [0.2, 0.25) is 5.89 Å². The molecular formula is C22H27ClN4O4. The maximum absolute atomic E-state index is 12.4. The van der Waals surface area contributed by atoms with E-state index >= 15 is 0 Å². The monoisotopic (exact) mass is 446 g/mol. The van der Waals surface area contributed by atoms with E-state index in [-0.39, 0.29) is 17.9 Å². The van der Waals surface area contributed by atoms with Gasteiger partial charge >= 0.3 is 12.0 Å². The van der Waals surface area contributed by atoms with Crippen LogP contribution in [0.15, 0.2) is 10.5 Å². The van der Waals surface area contributed by atoms with Gasteiger partial charge in [0.05, 0.1) is 35.8 Å². The fraction of sp³-hybridized carbons (Fsp3) is 0.591. The number of nitrogens with one attached hydrogen (secondary N) is 2. The van der Waals surface area contributed by atoms with E-state index in [1.165, 1.54) is 7.11 Å². The average molecular weight is 447 g/mol. The third-order valence-electron chi connectivity index (χ3n) is 6.93. The van der Waals surface area contributed by atoms with Crippen molar-refractivity contribution >= 4 is 40.4 Å². The molecule has 1 spiro atoms. The van der Waals surface area contributed by atoms with Crippen LogP contribution in [-0.2, 0) is 21.6 Å². The summed E-state index contributed by atoms with van der Waals surface area (Å²) in [4.78, 5) is 31.1. The number of anilines is 1. The normalized spacial score (nSPS) is 21.5. The van der Waals surface area contributed by atoms with Gasteiger partial charge in [-0.05, 0) is 44.8 Å². The summed E-state index contributed by atoms with van der Waals surface area (Å²) >= 11 is 6.57. The largest absolute Gasteiger partial charge is 0.469 e. The van der Waals surface area contributed by atoms with Crippen molar-refractivity contribution in [2.45, 2.75) is 57.0 Å². The molecule has 0 atom stereocenters. The molecule has 8 nitrogen and oxygen atoms in total. The van der Waals surface area contributed by atoms with Gasteiger partial charge in [-0.1, -0.05) is 30.9 Å². The number of rotatable bonds is 3. The molecule has 1 aromatic carbocycles. The molecule has 5 rings (SSSR count). The first-order valence-electron chi connectivity index (χ1n) is 11.0. The highest BCUT2D eigenvalue weighted by Gasteiger charge is 2.44. The topological polar surface area (TPSA) is 96.7 Å². The smallest absolute Gasteiger partial charge is 0.319 e. The van der Waals surface area contributed by atoms with Gasteiger partial charge < -0.3 is 19.8 Å². The Morgan fingerprint density at radius 3 is 2.77 bits per heavy atom. The predicted octanol–water partition coefficient (Wildman–Crippen LogP) is 4.16. The standard InChI is InChI=1S/C22H27ClN4O4/c1-30-20(28)13-5-9-27(10-6-13)12-16-24-15-11-14(23)18-17(19(15)31-16)22(26-21(29)25-18)7-3-2-4-8-22/h11,13H,2-10,12H2,1H3,(H2,25,26,29). The molecule has 31 heavy (non-hydrogen) atoms. The first kappa shape index (κ1) is 20.6. The number of methoxy groups -OCH3 is 1. The molecule has 3 heterocycles. The number of oxazole rings is 1. The van der Waals surface area contributed by atoms with Crippen LogP contribution in [0.1, 0.15) is 56.4 Å². The van der Waals surface area contributed by atoms with Crippen LogP contribution in [0.2, 0.25) is 5.02 Å². The Hall–Kier alpha value is -2.32. The maximum atomic E-state index is 12.4. The van der Waals surface area contributed by atoms with Crippen molar-refractivity contribution < 1.29 is 18.7 Å². The molecule has 2 amide bonds. The van der Waals surface area contributed by atoms with E-state index < -0.39 is 5.54 Å². The zero-order valence-corrected chi connectivity index (χ0v) is 18.4. The lowest BCUT2D eigenvalue weighted by molar-refractivity contribution is -0.147. The highest BCUT2D eigenvalue weighted by atomic mass is 35.5. The first-order valence-corrected chi connectivity index (χ1v) is 11.4. The molecule has 0 radical (unpaired) electrons. The summed E-state index contributed by atoms with van der Waals surface area (Å²) in [5.41, 5.74) is 2.52. The van der Waals surface area contributed by atoms with Gasteiger partial charge in [-0.15, -0.1) is 0 Å². The lowest BCUT2D eigenvalue weighted by atomic mass is 9.74. The molecule has 0 unspecified atom stereocenters. The number of likely N-dealkylation sites (tertiary alicyclic amines) is 1. The van der Waals surface area contributed by atoms with Crippen molar-refractivity contribution in [3.8, 4) is 0 Å². The number of fused-ring (bicyclic) bond motifs is 4. The van der Waals surface area contributed by atoms with Crippen molar-refractivity contribution in [1.29, 1.82) is 0 Å². The van der Waals surface area contributed by atoms with E-state index in [0.717, 1.165) is 63.6 Å². The van der Waals surface area contributed by atoms with Crippen molar-refractivity contribution in [2.75, 3.05) is 25.5 Å². The Morgan fingerprint density at radius 2 is 2.06 bits per heavy atom. The van der Waals surface area contributed by atoms with Crippen LogP contribution in [0, 0.1) is 5.92 Å². The van der Waals surface area contributed by atoms with Crippen LogP contribution in [0.25, 0.3) is 11.1 Å². The Labute approximate surface area is 185 Å². The summed E-state index contributed by atoms with van der Waals surface area (Å²) < 4.78 is 11.2. The SMILES string of the molecule is COC(=O)C1CCN(Cc2nc3cc(Cl)c4c(c3o2)C2(CCCCC2)NC(=O)N4)CC1. The molecule has 1 aromatic heterocycles. The van der Waals surface area contributed by atoms with E-state index in [1.807, 2.05) is 0 Å². The number of hydrogen-bond acceptors (Lipinski definition) is 6. The van der Waals surface area contributed by atoms with Gasteiger partial charge in [-0.2, -0.15) is 0 Å². The average Bonchev–Trinajstić information content (AvgIpc) is 3.15. The Morgan fingerprint density at radius 1 is 1.32 bits per heavy atom. The first-order chi connectivity index (χ1) is 15.0. The molecule has 2 fully saturated rings. The summed E-state index contributed by atoms with van der Waals surface area (Å²) in [7, 11) is 1.44. The van der Waals surface area contributed by atoms with Crippen LogP contribution in [0.3, 0.4) is 0 Å². The van der Waals surface area contributed by atoms with Crippen molar-refractivity contribution in [2.24, 2.45) is 5.92 Å². The number of urea groups is 1. The summed E-state index contributed by atoms with van der Waals surface area (Å²) in [6, 6.07) is 1.55. The Balaban J connectivity index is 1.45. The lowest BCUT2D eigenvalue weighted by Crippen LogP contribution is -2.52. The number of hydrogen-bond donors (Lipinski definition) is 2. The molecule has 1 saturated carbocycles. The van der Waals surface area contributed by atoms with Gasteiger partial charge in [0.25, 0.3) is 0 Å². The number of carbonyl (C=O) groups is 2. The van der Waals surface area contributed by atoms with E-state index in [0.29, 0.717) is 34.2 Å². The maximum Gasteiger partial charge on any atom is 0.319 e. The van der Waals surface area contributed by atoms with Gasteiger partial charge in [0.1, 0.15) is 5.52 Å². The van der Waals surface area contributed by atoms with E-state index in [2.05, 4.69) is 15.5 Å². The second-order valence-corrected chi connectivity index (χ2v) is 9.27. The van der Waals surface area contributed by atoms with Crippen LogP contribution in [0.5, 0.6) is 0 Å². The minimum Gasteiger partial charge on any atom is -0.469 e. The number of carbonyl (C=O) groups excluding carboxylic acids is 2. The number of piperidine rings is 1. The van der Waals surface area contributed by atoms with Gasteiger partial charge in [-0.3, -0.25) is 9.69 Å². The predicted molar refractivity (Wildman–Crippen MR) is 116 cm³/mol. The number of ether oxygens (including phenoxy) is 1. The Bertz CT molecular complexity index is 1020. The summed E-state index contributed by atoms with van der Waals surface area (Å²) in [6.07, 6.45) is 6.52. The number of benzene rings is 1. The third-order valence-corrected chi connectivity index (χ3v) is 7.23. The molecule has 1 saturated heterocycles. The lowest BCUT2D eigenvalue weighted by Gasteiger charge is -2.42. The fourth-order valence-corrected chi connectivity index (χ4v) is 5.61. The van der Waals surface area contributed by atoms with E-state index in [1.54, 1.807) is 6.07 Å². The zero-order valence-electron chi connectivity index (χ0n) is 17.6. The van der Waals surface area contributed by atoms with Crippen molar-refractivity contribution in [3.05, 3.63) is 22.5 Å². The molecule has 2 aromatic rings. The number of halogens is 1. The van der Waals surface area contributed by atoms with Crippen LogP contribution in [-0.4, -0.2) is 42.1 Å². The number of esters is 1. The number of nitrogens with zero attached hydrogens (tertiary/aromatic N) is 2. The molecular weight excluding hydrogens is 420 g/mol. The zero-order chi connectivity index (χ0) is 21.6. The second-order valence-electron chi connectivity index (χ2n) is 8.86. The van der Waals surface area contributed by atoms with E-state index in [4.69, 9.17) is 25.7 Å². The van der Waals surface area contributed by atoms with E-state index in [9.17, 15) is 9.59 Å². The van der Waals surface area contributed by atoms with Gasteiger partial charge in [-0.25, -0.2) is 9.78 Å². The van der Waals surface area contributed by atoms with Crippen LogP contribution >= 0.6 is 11.6 Å². The molecule has 1 aliphatic carbocycles. The molecule has 166 valence electrons. The summed E-state index contributed by atoms with van der Waals surface area (Å²) in [5, 5.41) is 6.53. The number of aromatic nitrogens is 1. The molecule has 2 N–H and O–H groups in total. The van der Waals surface area contributed by atoms with Crippen LogP contribution in [0.4, 0.5) is 10.5 Å². The minimum absolute atomic E-state index is 0.0310. The van der Waals surface area contributed by atoms with Crippen molar-refractivity contribution in [1.82, 2.24) is 15.2 Å². The van der Waals surface area contributed by atoms with Crippen LogP contribution < -0.4 is 10.6 Å². The fourth-order valence-electron chi connectivity index (χ4n) is 5.37. The highest BCUT2D eigenvalue weighted by molar-refractivity contribution is 6.35. The second kappa shape index (κ2) is 7.98. The quantitative estimate of drug-likeness (QED) is 0.687. The number of amides is 2. The molecule has 3 aliphatic rings. The molecule has 9 heteroatoms. The minimum atomic E-state index is -0.464. The molecule has 2 aliphatic heterocycles. The third kappa shape index (κ3) is 3.65. The summed E-state index contributed by atoms with van der Waals surface area (Å²) in [5.74, 6) is 0.463. The van der Waals surface area contributed by atoms with Gasteiger partial charge in [0, 0.05) is 5.56 Å². The highest BCUT2D eigenvalue weighted by Crippen LogP contribution is 2.48.